The summed E-state index contributed by atoms with van der Waals surface area (Å²) < 4.78 is 0. The Hall–Kier alpha value is -0.0400. The lowest BCUT2D eigenvalue weighted by molar-refractivity contribution is 0.463. The summed E-state index contributed by atoms with van der Waals surface area (Å²) in [7, 11) is 2.06. The molecule has 0 aromatic rings. The molecule has 0 heterocycles. The number of hydrogen-bond donors (Lipinski definition) is 1. The van der Waals surface area contributed by atoms with Crippen LogP contribution < -0.4 is 5.32 Å². The zero-order valence-electron chi connectivity index (χ0n) is 15.4. The largest absolute Gasteiger partial charge is 0.319 e. The highest BCUT2D eigenvalue weighted by Crippen LogP contribution is 2.14. The van der Waals surface area contributed by atoms with Gasteiger partial charge in [-0.05, 0) is 25.9 Å². The smallest absolute Gasteiger partial charge is 0.00262 e. The lowest BCUT2D eigenvalue weighted by Gasteiger charge is -2.09. The van der Waals surface area contributed by atoms with E-state index in [4.69, 9.17) is 0 Å². The summed E-state index contributed by atoms with van der Waals surface area (Å²) in [5.74, 6) is 0.854. The first-order valence-corrected chi connectivity index (χ1v) is 9.95. The van der Waals surface area contributed by atoms with Crippen molar-refractivity contribution in [1.29, 1.82) is 0 Å². The van der Waals surface area contributed by atoms with Gasteiger partial charge in [0, 0.05) is 0 Å². The molecule has 0 radical (unpaired) electrons. The molecular weight excluding hydrogens is 254 g/mol. The average molecular weight is 298 g/mol. The van der Waals surface area contributed by atoms with E-state index >= 15 is 0 Å². The van der Waals surface area contributed by atoms with Gasteiger partial charge in [-0.15, -0.1) is 0 Å². The lowest BCUT2D eigenvalue weighted by Crippen LogP contribution is -2.15. The van der Waals surface area contributed by atoms with Gasteiger partial charge in [-0.25, -0.2) is 0 Å². The summed E-state index contributed by atoms with van der Waals surface area (Å²) >= 11 is 0. The molecule has 0 aromatic carbocycles. The van der Waals surface area contributed by atoms with Crippen molar-refractivity contribution in [2.75, 3.05) is 13.6 Å². The molecule has 0 saturated heterocycles. The summed E-state index contributed by atoms with van der Waals surface area (Å²) in [4.78, 5) is 0. The SMILES string of the molecule is CCCCCCCCCCCCCCCCC(C)CNC. The fraction of sp³-hybridized carbons (Fsp3) is 1.00. The van der Waals surface area contributed by atoms with E-state index < -0.39 is 0 Å². The van der Waals surface area contributed by atoms with Crippen molar-refractivity contribution in [3.05, 3.63) is 0 Å². The van der Waals surface area contributed by atoms with E-state index in [0.717, 1.165) is 5.92 Å². The molecule has 1 nitrogen and oxygen atoms in total. The quantitative estimate of drug-likeness (QED) is 0.294. The third-order valence-electron chi connectivity index (χ3n) is 4.60. The predicted molar refractivity (Wildman–Crippen MR) is 98.0 cm³/mol. The molecule has 0 amide bonds. The topological polar surface area (TPSA) is 12.0 Å². The number of nitrogens with one attached hydrogen (secondary N) is 1. The predicted octanol–water partition coefficient (Wildman–Crippen LogP) is 6.71. The maximum atomic E-state index is 3.27. The van der Waals surface area contributed by atoms with E-state index in [0.29, 0.717) is 0 Å². The first kappa shape index (κ1) is 21.0. The van der Waals surface area contributed by atoms with Crippen molar-refractivity contribution >= 4 is 0 Å². The van der Waals surface area contributed by atoms with Crippen LogP contribution in [0.2, 0.25) is 0 Å². The van der Waals surface area contributed by atoms with Crippen LogP contribution in [0.1, 0.15) is 110 Å². The monoisotopic (exact) mass is 297 g/mol. The van der Waals surface area contributed by atoms with Gasteiger partial charge in [-0.3, -0.25) is 0 Å². The zero-order valence-corrected chi connectivity index (χ0v) is 15.4. The van der Waals surface area contributed by atoms with Gasteiger partial charge in [-0.1, -0.05) is 104 Å². The van der Waals surface area contributed by atoms with Crippen LogP contribution in [-0.4, -0.2) is 13.6 Å². The Morgan fingerprint density at radius 2 is 1.00 bits per heavy atom. The Bertz CT molecular complexity index is 179. The van der Waals surface area contributed by atoms with Crippen molar-refractivity contribution < 1.29 is 0 Å². The van der Waals surface area contributed by atoms with Gasteiger partial charge in [0.2, 0.25) is 0 Å². The van der Waals surface area contributed by atoms with Gasteiger partial charge in [0.15, 0.2) is 0 Å². The van der Waals surface area contributed by atoms with Crippen molar-refractivity contribution in [2.24, 2.45) is 5.92 Å². The molecule has 0 aromatic heterocycles. The van der Waals surface area contributed by atoms with Gasteiger partial charge in [0.1, 0.15) is 0 Å². The molecule has 1 N–H and O–H groups in total. The third-order valence-corrected chi connectivity index (χ3v) is 4.60. The molecule has 0 aliphatic carbocycles. The van der Waals surface area contributed by atoms with E-state index in [1.807, 2.05) is 0 Å². The standard InChI is InChI=1S/C20H43N/c1-4-5-6-7-8-9-10-11-12-13-14-15-16-17-18-20(2)19-21-3/h20-21H,4-19H2,1-3H3. The maximum absolute atomic E-state index is 3.27. The van der Waals surface area contributed by atoms with Crippen LogP contribution in [0.3, 0.4) is 0 Å². The number of rotatable bonds is 17. The molecule has 0 bridgehead atoms. The maximum Gasteiger partial charge on any atom is -0.00262 e. The van der Waals surface area contributed by atoms with Gasteiger partial charge in [0.05, 0.1) is 0 Å². The summed E-state index contributed by atoms with van der Waals surface area (Å²) in [5, 5.41) is 3.27. The Morgan fingerprint density at radius 3 is 1.38 bits per heavy atom. The van der Waals surface area contributed by atoms with E-state index in [-0.39, 0.29) is 0 Å². The Labute approximate surface area is 135 Å². The molecule has 0 spiro atoms. The van der Waals surface area contributed by atoms with Gasteiger partial charge >= 0.3 is 0 Å². The molecular formula is C20H43N. The normalized spacial score (nSPS) is 12.7. The van der Waals surface area contributed by atoms with Crippen LogP contribution in [0.25, 0.3) is 0 Å². The first-order chi connectivity index (χ1) is 10.3. The van der Waals surface area contributed by atoms with Crippen LogP contribution in [0.15, 0.2) is 0 Å². The molecule has 21 heavy (non-hydrogen) atoms. The van der Waals surface area contributed by atoms with Crippen molar-refractivity contribution in [3.63, 3.8) is 0 Å². The zero-order chi connectivity index (χ0) is 15.6. The molecule has 0 rings (SSSR count). The van der Waals surface area contributed by atoms with E-state index in [2.05, 4.69) is 26.2 Å². The minimum atomic E-state index is 0.854. The van der Waals surface area contributed by atoms with E-state index in [1.54, 1.807) is 0 Å². The second kappa shape index (κ2) is 18.0. The second-order valence-corrected chi connectivity index (χ2v) is 7.05. The number of unbranched alkanes of at least 4 members (excludes halogenated alkanes) is 13. The van der Waals surface area contributed by atoms with Crippen molar-refractivity contribution in [3.8, 4) is 0 Å². The highest BCUT2D eigenvalue weighted by atomic mass is 14.8. The fourth-order valence-electron chi connectivity index (χ4n) is 3.14. The fourth-order valence-corrected chi connectivity index (χ4v) is 3.14. The first-order valence-electron chi connectivity index (χ1n) is 9.95. The van der Waals surface area contributed by atoms with E-state index in [1.165, 1.54) is 103 Å². The summed E-state index contributed by atoms with van der Waals surface area (Å²) in [5.41, 5.74) is 0. The molecule has 1 atom stereocenters. The van der Waals surface area contributed by atoms with Crippen LogP contribution >= 0.6 is 0 Å². The molecule has 0 aliphatic heterocycles. The highest BCUT2D eigenvalue weighted by Gasteiger charge is 1.99. The van der Waals surface area contributed by atoms with Gasteiger partial charge < -0.3 is 5.32 Å². The van der Waals surface area contributed by atoms with Gasteiger partial charge in [0.25, 0.3) is 0 Å². The molecule has 1 heteroatoms. The molecule has 128 valence electrons. The summed E-state index contributed by atoms with van der Waals surface area (Å²) in [6.07, 6.45) is 21.8. The minimum absolute atomic E-state index is 0.854. The number of hydrogen-bond acceptors (Lipinski definition) is 1. The van der Waals surface area contributed by atoms with Crippen LogP contribution in [0.4, 0.5) is 0 Å². The Kier molecular flexibility index (Phi) is 18.0. The molecule has 0 fully saturated rings. The molecule has 0 saturated carbocycles. The lowest BCUT2D eigenvalue weighted by atomic mass is 10.0. The van der Waals surface area contributed by atoms with Crippen LogP contribution in [0, 0.1) is 5.92 Å². The molecule has 0 aliphatic rings. The van der Waals surface area contributed by atoms with Crippen LogP contribution in [-0.2, 0) is 0 Å². The average Bonchev–Trinajstić information content (AvgIpc) is 2.48. The van der Waals surface area contributed by atoms with E-state index in [9.17, 15) is 0 Å². The summed E-state index contributed by atoms with van der Waals surface area (Å²) in [6.45, 7) is 5.83. The Morgan fingerprint density at radius 1 is 0.619 bits per heavy atom. The minimum Gasteiger partial charge on any atom is -0.319 e. The van der Waals surface area contributed by atoms with Crippen molar-refractivity contribution in [2.45, 2.75) is 110 Å². The van der Waals surface area contributed by atoms with Crippen molar-refractivity contribution in [1.82, 2.24) is 5.32 Å². The third kappa shape index (κ3) is 17.9. The van der Waals surface area contributed by atoms with Gasteiger partial charge in [-0.2, -0.15) is 0 Å². The summed E-state index contributed by atoms with van der Waals surface area (Å²) in [6, 6.07) is 0. The van der Waals surface area contributed by atoms with Crippen LogP contribution in [0.5, 0.6) is 0 Å². The molecule has 1 unspecified atom stereocenters. The second-order valence-electron chi connectivity index (χ2n) is 7.05. The highest BCUT2D eigenvalue weighted by molar-refractivity contribution is 4.55. The Balaban J connectivity index is 2.99.